The Labute approximate surface area is 151 Å². The second kappa shape index (κ2) is 7.36. The number of nitrogens with one attached hydrogen (secondary N) is 1. The molecular weight excluding hydrogens is 326 g/mol. The van der Waals surface area contributed by atoms with Crippen molar-refractivity contribution in [1.29, 1.82) is 0 Å². The molecule has 0 bridgehead atoms. The zero-order valence-corrected chi connectivity index (χ0v) is 14.4. The van der Waals surface area contributed by atoms with Crippen molar-refractivity contribution in [3.05, 3.63) is 102 Å². The summed E-state index contributed by atoms with van der Waals surface area (Å²) >= 11 is 1.69. The van der Waals surface area contributed by atoms with Crippen molar-refractivity contribution in [2.75, 3.05) is 0 Å². The van der Waals surface area contributed by atoms with Gasteiger partial charge in [-0.15, -0.1) is 0 Å². The average Bonchev–Trinajstić information content (AvgIpc) is 2.70. The van der Waals surface area contributed by atoms with Crippen LogP contribution >= 0.6 is 11.8 Å². The molecule has 0 aromatic heterocycles. The molecule has 1 aliphatic rings. The highest BCUT2D eigenvalue weighted by molar-refractivity contribution is 8.14. The molecule has 0 saturated heterocycles. The van der Waals surface area contributed by atoms with Gasteiger partial charge in [-0.3, -0.25) is 5.43 Å². The fourth-order valence-electron chi connectivity index (χ4n) is 2.71. The lowest BCUT2D eigenvalue weighted by molar-refractivity contribution is 1.01. The summed E-state index contributed by atoms with van der Waals surface area (Å²) in [5.74, 6) is 0. The standard InChI is InChI=1S/C21H17N3S/c1-4-10-16(11-5-1)19-20(17-12-6-2-7-13-17)25-21(24-23-19)22-18-14-8-3-9-15-18/h1-15,20H,(H,22,24). The van der Waals surface area contributed by atoms with E-state index in [1.165, 1.54) is 5.56 Å². The molecule has 4 rings (SSSR count). The van der Waals surface area contributed by atoms with E-state index < -0.39 is 0 Å². The Balaban J connectivity index is 1.72. The lowest BCUT2D eigenvalue weighted by Gasteiger charge is -2.24. The van der Waals surface area contributed by atoms with Crippen LogP contribution in [0.1, 0.15) is 16.4 Å². The van der Waals surface area contributed by atoms with Gasteiger partial charge in [0.2, 0.25) is 0 Å². The fraction of sp³-hybridized carbons (Fsp3) is 0.0476. The third-order valence-corrected chi connectivity index (χ3v) is 5.05. The molecule has 1 heterocycles. The number of hydrazone groups is 1. The maximum absolute atomic E-state index is 4.68. The number of hydrogen-bond acceptors (Lipinski definition) is 3. The number of aliphatic imine (C=N–C) groups is 1. The van der Waals surface area contributed by atoms with E-state index in [4.69, 9.17) is 0 Å². The van der Waals surface area contributed by atoms with E-state index in [1.54, 1.807) is 11.8 Å². The van der Waals surface area contributed by atoms with Crippen LogP contribution in [-0.4, -0.2) is 10.9 Å². The van der Waals surface area contributed by atoms with Crippen molar-refractivity contribution >= 4 is 28.3 Å². The highest BCUT2D eigenvalue weighted by atomic mass is 32.2. The Kier molecular flexibility index (Phi) is 4.61. The maximum atomic E-state index is 4.68. The number of hydrogen-bond donors (Lipinski definition) is 1. The summed E-state index contributed by atoms with van der Waals surface area (Å²) in [6.07, 6.45) is 0. The number of benzene rings is 3. The van der Waals surface area contributed by atoms with E-state index >= 15 is 0 Å². The number of amidine groups is 1. The highest BCUT2D eigenvalue weighted by Gasteiger charge is 2.26. The molecular formula is C21H17N3S. The Hall–Kier alpha value is -2.85. The molecule has 0 saturated carbocycles. The highest BCUT2D eigenvalue weighted by Crippen LogP contribution is 2.36. The lowest BCUT2D eigenvalue weighted by atomic mass is 10.0. The first kappa shape index (κ1) is 15.7. The average molecular weight is 343 g/mol. The zero-order chi connectivity index (χ0) is 16.9. The summed E-state index contributed by atoms with van der Waals surface area (Å²) in [6, 6.07) is 30.7. The molecule has 0 aliphatic carbocycles. The van der Waals surface area contributed by atoms with Crippen LogP contribution in [0.2, 0.25) is 0 Å². The molecule has 3 nitrogen and oxygen atoms in total. The summed E-state index contributed by atoms with van der Waals surface area (Å²) in [4.78, 5) is 4.68. The molecule has 0 amide bonds. The normalized spacial score (nSPS) is 18.5. The van der Waals surface area contributed by atoms with E-state index in [1.807, 2.05) is 54.6 Å². The van der Waals surface area contributed by atoms with Crippen LogP contribution in [-0.2, 0) is 0 Å². The van der Waals surface area contributed by atoms with Gasteiger partial charge in [-0.1, -0.05) is 90.6 Å². The Morgan fingerprint density at radius 1 is 0.760 bits per heavy atom. The Morgan fingerprint density at radius 2 is 1.36 bits per heavy atom. The van der Waals surface area contributed by atoms with Gasteiger partial charge in [0, 0.05) is 0 Å². The zero-order valence-electron chi connectivity index (χ0n) is 13.5. The summed E-state index contributed by atoms with van der Waals surface area (Å²) in [5.41, 5.74) is 7.39. The SMILES string of the molecule is c1ccc(N=C2NN=C(c3ccccc3)C(c3ccccc3)S2)cc1. The van der Waals surface area contributed by atoms with Gasteiger partial charge in [-0.2, -0.15) is 5.10 Å². The van der Waals surface area contributed by atoms with Gasteiger partial charge in [-0.25, -0.2) is 4.99 Å². The quantitative estimate of drug-likeness (QED) is 0.713. The van der Waals surface area contributed by atoms with E-state index in [9.17, 15) is 0 Å². The maximum Gasteiger partial charge on any atom is 0.183 e. The van der Waals surface area contributed by atoms with Crippen LogP contribution in [0.4, 0.5) is 5.69 Å². The van der Waals surface area contributed by atoms with Crippen LogP contribution in [0.25, 0.3) is 0 Å². The minimum Gasteiger partial charge on any atom is -0.255 e. The molecule has 1 aliphatic heterocycles. The summed E-state index contributed by atoms with van der Waals surface area (Å²) < 4.78 is 0. The molecule has 0 spiro atoms. The fourth-order valence-corrected chi connectivity index (χ4v) is 3.78. The van der Waals surface area contributed by atoms with Gasteiger partial charge < -0.3 is 0 Å². The molecule has 0 fully saturated rings. The van der Waals surface area contributed by atoms with Crippen molar-refractivity contribution in [3.63, 3.8) is 0 Å². The smallest absolute Gasteiger partial charge is 0.183 e. The molecule has 25 heavy (non-hydrogen) atoms. The van der Waals surface area contributed by atoms with Crippen LogP contribution < -0.4 is 5.43 Å². The van der Waals surface area contributed by atoms with Crippen molar-refractivity contribution in [2.24, 2.45) is 10.1 Å². The molecule has 1 unspecified atom stereocenters. The number of nitrogens with zero attached hydrogens (tertiary/aromatic N) is 2. The lowest BCUT2D eigenvalue weighted by Crippen LogP contribution is -2.28. The third-order valence-electron chi connectivity index (χ3n) is 3.91. The predicted octanol–water partition coefficient (Wildman–Crippen LogP) is 5.16. The van der Waals surface area contributed by atoms with Gasteiger partial charge in [-0.05, 0) is 23.3 Å². The van der Waals surface area contributed by atoms with Crippen molar-refractivity contribution < 1.29 is 0 Å². The second-order valence-electron chi connectivity index (χ2n) is 5.64. The predicted molar refractivity (Wildman–Crippen MR) is 106 cm³/mol. The molecule has 3 aromatic carbocycles. The van der Waals surface area contributed by atoms with Crippen molar-refractivity contribution in [3.8, 4) is 0 Å². The van der Waals surface area contributed by atoms with Crippen LogP contribution in [0.15, 0.2) is 101 Å². The number of para-hydroxylation sites is 1. The van der Waals surface area contributed by atoms with E-state index in [2.05, 4.69) is 51.9 Å². The molecule has 122 valence electrons. The van der Waals surface area contributed by atoms with Crippen molar-refractivity contribution in [1.82, 2.24) is 5.43 Å². The largest absolute Gasteiger partial charge is 0.255 e. The van der Waals surface area contributed by atoms with Crippen molar-refractivity contribution in [2.45, 2.75) is 5.25 Å². The Bertz CT molecular complexity index is 890. The van der Waals surface area contributed by atoms with Crippen LogP contribution in [0.3, 0.4) is 0 Å². The van der Waals surface area contributed by atoms with Gasteiger partial charge >= 0.3 is 0 Å². The number of thioether (sulfide) groups is 1. The molecule has 0 radical (unpaired) electrons. The monoisotopic (exact) mass is 343 g/mol. The van der Waals surface area contributed by atoms with Crippen LogP contribution in [0.5, 0.6) is 0 Å². The molecule has 3 aromatic rings. The number of rotatable bonds is 3. The Morgan fingerprint density at radius 3 is 2.04 bits per heavy atom. The van der Waals surface area contributed by atoms with Gasteiger partial charge in [0.1, 0.15) is 0 Å². The minimum atomic E-state index is 0.104. The second-order valence-corrected chi connectivity index (χ2v) is 6.73. The molecule has 1 N–H and O–H groups in total. The first-order valence-electron chi connectivity index (χ1n) is 8.14. The van der Waals surface area contributed by atoms with E-state index in [-0.39, 0.29) is 5.25 Å². The molecule has 1 atom stereocenters. The van der Waals surface area contributed by atoms with Gasteiger partial charge in [0.15, 0.2) is 5.17 Å². The third kappa shape index (κ3) is 3.64. The van der Waals surface area contributed by atoms with E-state index in [0.29, 0.717) is 0 Å². The first-order valence-corrected chi connectivity index (χ1v) is 9.02. The van der Waals surface area contributed by atoms with Gasteiger partial charge in [0.05, 0.1) is 16.6 Å². The van der Waals surface area contributed by atoms with Crippen LogP contribution in [0, 0.1) is 0 Å². The topological polar surface area (TPSA) is 36.8 Å². The summed E-state index contributed by atoms with van der Waals surface area (Å²) in [7, 11) is 0. The molecule has 4 heteroatoms. The van der Waals surface area contributed by atoms with Gasteiger partial charge in [0.25, 0.3) is 0 Å². The first-order chi connectivity index (χ1) is 12.4. The van der Waals surface area contributed by atoms with E-state index in [0.717, 1.165) is 22.1 Å². The summed E-state index contributed by atoms with van der Waals surface area (Å²) in [6.45, 7) is 0. The minimum absolute atomic E-state index is 0.104. The summed E-state index contributed by atoms with van der Waals surface area (Å²) in [5, 5.41) is 5.56.